The van der Waals surface area contributed by atoms with Crippen molar-refractivity contribution in [3.05, 3.63) is 24.3 Å². The van der Waals surface area contributed by atoms with Crippen molar-refractivity contribution in [1.82, 2.24) is 5.32 Å². The number of nitrogens with one attached hydrogen (secondary N) is 2. The lowest BCUT2D eigenvalue weighted by molar-refractivity contribution is -0.139. The van der Waals surface area contributed by atoms with E-state index in [1.165, 1.54) is 7.11 Å². The number of carbonyl (C=O) groups excluding carboxylic acids is 1. The monoisotopic (exact) mass is 280 g/mol. The van der Waals surface area contributed by atoms with Crippen LogP contribution in [0.2, 0.25) is 0 Å². The van der Waals surface area contributed by atoms with Gasteiger partial charge in [-0.1, -0.05) is 26.0 Å². The number of urea groups is 1. The van der Waals surface area contributed by atoms with Gasteiger partial charge in [0.25, 0.3) is 0 Å². The summed E-state index contributed by atoms with van der Waals surface area (Å²) < 4.78 is 5.10. The molecule has 0 aliphatic rings. The Morgan fingerprint density at radius 1 is 1.30 bits per heavy atom. The van der Waals surface area contributed by atoms with Crippen LogP contribution in [0.3, 0.4) is 0 Å². The van der Waals surface area contributed by atoms with Crippen LogP contribution in [0.15, 0.2) is 24.3 Å². The Balaban J connectivity index is 2.68. The lowest BCUT2D eigenvalue weighted by Gasteiger charge is -2.17. The first-order valence-electron chi connectivity index (χ1n) is 6.37. The van der Waals surface area contributed by atoms with Gasteiger partial charge >= 0.3 is 12.0 Å². The number of benzene rings is 1. The molecule has 1 aromatic carbocycles. The third-order valence-corrected chi connectivity index (χ3v) is 2.67. The zero-order valence-corrected chi connectivity index (χ0v) is 11.8. The molecule has 6 heteroatoms. The molecule has 0 spiro atoms. The number of carboxylic acid groups (broad SMARTS) is 1. The summed E-state index contributed by atoms with van der Waals surface area (Å²) in [6, 6.07) is 5.43. The van der Waals surface area contributed by atoms with Gasteiger partial charge in [0.2, 0.25) is 0 Å². The van der Waals surface area contributed by atoms with Crippen molar-refractivity contribution in [2.75, 3.05) is 12.4 Å². The van der Waals surface area contributed by atoms with Gasteiger partial charge in [0.1, 0.15) is 11.8 Å². The highest BCUT2D eigenvalue weighted by Gasteiger charge is 2.21. The summed E-state index contributed by atoms with van der Waals surface area (Å²) in [5.74, 6) is -0.366. The maximum atomic E-state index is 11.8. The number of anilines is 1. The second kappa shape index (κ2) is 7.37. The number of ether oxygens (including phenoxy) is 1. The van der Waals surface area contributed by atoms with Gasteiger partial charge in [0.05, 0.1) is 12.8 Å². The van der Waals surface area contributed by atoms with E-state index in [9.17, 15) is 9.59 Å². The van der Waals surface area contributed by atoms with Crippen LogP contribution in [-0.4, -0.2) is 30.3 Å². The van der Waals surface area contributed by atoms with Crippen molar-refractivity contribution in [2.45, 2.75) is 26.3 Å². The molecule has 20 heavy (non-hydrogen) atoms. The molecule has 1 atom stereocenters. The number of amides is 2. The second-order valence-electron chi connectivity index (χ2n) is 4.82. The zero-order chi connectivity index (χ0) is 15.1. The van der Waals surface area contributed by atoms with Gasteiger partial charge in [-0.05, 0) is 24.5 Å². The molecule has 0 aromatic heterocycles. The summed E-state index contributed by atoms with van der Waals surface area (Å²) in [7, 11) is 1.50. The van der Waals surface area contributed by atoms with Crippen molar-refractivity contribution in [3.8, 4) is 5.75 Å². The van der Waals surface area contributed by atoms with Gasteiger partial charge in [-0.25, -0.2) is 9.59 Å². The molecule has 1 rings (SSSR count). The summed E-state index contributed by atoms with van der Waals surface area (Å²) >= 11 is 0. The molecule has 0 saturated carbocycles. The van der Waals surface area contributed by atoms with Crippen LogP contribution in [0.25, 0.3) is 0 Å². The first kappa shape index (κ1) is 15.8. The smallest absolute Gasteiger partial charge is 0.326 e. The molecule has 110 valence electrons. The molecule has 2 amide bonds. The fraction of sp³-hybridized carbons (Fsp3) is 0.429. The van der Waals surface area contributed by atoms with Crippen LogP contribution in [-0.2, 0) is 4.79 Å². The van der Waals surface area contributed by atoms with Crippen LogP contribution in [0.5, 0.6) is 5.75 Å². The van der Waals surface area contributed by atoms with Gasteiger partial charge in [0, 0.05) is 0 Å². The Morgan fingerprint density at radius 2 is 1.95 bits per heavy atom. The summed E-state index contributed by atoms with van der Waals surface area (Å²) in [6.07, 6.45) is 0.370. The first-order valence-corrected chi connectivity index (χ1v) is 6.37. The van der Waals surface area contributed by atoms with Gasteiger partial charge < -0.3 is 20.5 Å². The average molecular weight is 280 g/mol. The topological polar surface area (TPSA) is 87.7 Å². The van der Waals surface area contributed by atoms with Crippen molar-refractivity contribution >= 4 is 17.7 Å². The van der Waals surface area contributed by atoms with E-state index < -0.39 is 18.0 Å². The van der Waals surface area contributed by atoms with Crippen molar-refractivity contribution < 1.29 is 19.4 Å². The molecular formula is C14H20N2O4. The van der Waals surface area contributed by atoms with Crippen molar-refractivity contribution in [2.24, 2.45) is 5.92 Å². The predicted molar refractivity (Wildman–Crippen MR) is 76.0 cm³/mol. The fourth-order valence-electron chi connectivity index (χ4n) is 1.76. The summed E-state index contributed by atoms with van der Waals surface area (Å²) in [5.41, 5.74) is 0.487. The minimum atomic E-state index is -1.05. The first-order chi connectivity index (χ1) is 9.43. The number of hydrogen-bond donors (Lipinski definition) is 3. The molecule has 3 N–H and O–H groups in total. The summed E-state index contributed by atoms with van der Waals surface area (Å²) in [6.45, 7) is 3.80. The highest BCUT2D eigenvalue weighted by molar-refractivity contribution is 5.93. The third kappa shape index (κ3) is 4.79. The summed E-state index contributed by atoms with van der Waals surface area (Å²) in [5, 5.41) is 14.1. The molecule has 1 aromatic rings. The highest BCUT2D eigenvalue weighted by Crippen LogP contribution is 2.22. The molecular weight excluding hydrogens is 260 g/mol. The Kier molecular flexibility index (Phi) is 5.83. The maximum absolute atomic E-state index is 11.8. The standard InChI is InChI=1S/C14H20N2O4/c1-9(2)8-11(13(17)18)16-14(19)15-10-6-4-5-7-12(10)20-3/h4-7,9,11H,8H2,1-3H3,(H,17,18)(H2,15,16,19). The molecule has 6 nitrogen and oxygen atoms in total. The molecule has 0 saturated heterocycles. The van der Waals surface area contributed by atoms with E-state index in [0.29, 0.717) is 17.9 Å². The van der Waals surface area contributed by atoms with Crippen LogP contribution in [0.1, 0.15) is 20.3 Å². The van der Waals surface area contributed by atoms with Gasteiger partial charge in [-0.3, -0.25) is 0 Å². The Bertz CT molecular complexity index is 474. The van der Waals surface area contributed by atoms with Crippen LogP contribution < -0.4 is 15.4 Å². The van der Waals surface area contributed by atoms with Crippen molar-refractivity contribution in [3.63, 3.8) is 0 Å². The van der Waals surface area contributed by atoms with E-state index >= 15 is 0 Å². The Labute approximate surface area is 118 Å². The molecule has 0 fully saturated rings. The SMILES string of the molecule is COc1ccccc1NC(=O)NC(CC(C)C)C(=O)O. The lowest BCUT2D eigenvalue weighted by Crippen LogP contribution is -2.43. The number of hydrogen-bond acceptors (Lipinski definition) is 3. The second-order valence-corrected chi connectivity index (χ2v) is 4.82. The van der Waals surface area contributed by atoms with Gasteiger partial charge in [0.15, 0.2) is 0 Å². The van der Waals surface area contributed by atoms with E-state index in [4.69, 9.17) is 9.84 Å². The van der Waals surface area contributed by atoms with Gasteiger partial charge in [-0.15, -0.1) is 0 Å². The normalized spacial score (nSPS) is 11.8. The highest BCUT2D eigenvalue weighted by atomic mass is 16.5. The average Bonchev–Trinajstić information content (AvgIpc) is 2.37. The van der Waals surface area contributed by atoms with E-state index in [1.54, 1.807) is 24.3 Å². The Morgan fingerprint density at radius 3 is 2.50 bits per heavy atom. The molecule has 0 aliphatic heterocycles. The van der Waals surface area contributed by atoms with E-state index in [-0.39, 0.29) is 5.92 Å². The van der Waals surface area contributed by atoms with E-state index in [1.807, 2.05) is 13.8 Å². The number of methoxy groups -OCH3 is 1. The van der Waals surface area contributed by atoms with Gasteiger partial charge in [-0.2, -0.15) is 0 Å². The predicted octanol–water partition coefficient (Wildman–Crippen LogP) is 2.32. The minimum Gasteiger partial charge on any atom is -0.495 e. The van der Waals surface area contributed by atoms with Crippen molar-refractivity contribution in [1.29, 1.82) is 0 Å². The number of carboxylic acids is 1. The largest absolute Gasteiger partial charge is 0.495 e. The van der Waals surface area contributed by atoms with Crippen LogP contribution >= 0.6 is 0 Å². The van der Waals surface area contributed by atoms with E-state index in [0.717, 1.165) is 0 Å². The quantitative estimate of drug-likeness (QED) is 0.746. The lowest BCUT2D eigenvalue weighted by atomic mass is 10.0. The molecule has 0 radical (unpaired) electrons. The third-order valence-electron chi connectivity index (χ3n) is 2.67. The van der Waals surface area contributed by atoms with Crippen LogP contribution in [0, 0.1) is 5.92 Å². The molecule has 0 heterocycles. The number of para-hydroxylation sites is 2. The number of rotatable bonds is 6. The molecule has 1 unspecified atom stereocenters. The molecule has 0 bridgehead atoms. The van der Waals surface area contributed by atoms with E-state index in [2.05, 4.69) is 10.6 Å². The number of aliphatic carboxylic acids is 1. The zero-order valence-electron chi connectivity index (χ0n) is 11.8. The minimum absolute atomic E-state index is 0.169. The number of carbonyl (C=O) groups is 2. The Hall–Kier alpha value is -2.24. The molecule has 0 aliphatic carbocycles. The summed E-state index contributed by atoms with van der Waals surface area (Å²) in [4.78, 5) is 22.9. The maximum Gasteiger partial charge on any atom is 0.326 e. The van der Waals surface area contributed by atoms with Crippen LogP contribution in [0.4, 0.5) is 10.5 Å². The fourth-order valence-corrected chi connectivity index (χ4v) is 1.76.